The second-order valence-corrected chi connectivity index (χ2v) is 7.38. The number of amides is 1. The van der Waals surface area contributed by atoms with Crippen LogP contribution in [0.2, 0.25) is 0 Å². The number of likely N-dealkylation sites (tertiary alicyclic amines) is 1. The molecule has 25 heavy (non-hydrogen) atoms. The average Bonchev–Trinajstić information content (AvgIpc) is 2.98. The fourth-order valence-corrected chi connectivity index (χ4v) is 3.56. The summed E-state index contributed by atoms with van der Waals surface area (Å²) in [6.07, 6.45) is 4.80. The second-order valence-electron chi connectivity index (χ2n) is 7.38. The molecule has 1 saturated heterocycles. The van der Waals surface area contributed by atoms with E-state index in [-0.39, 0.29) is 41.9 Å². The number of aliphatic imine (C=N–C) groups is 1. The van der Waals surface area contributed by atoms with Crippen LogP contribution in [-0.2, 0) is 4.79 Å². The first-order valence-corrected chi connectivity index (χ1v) is 9.53. The summed E-state index contributed by atoms with van der Waals surface area (Å²) in [5.74, 6) is 1.46. The number of rotatable bonds is 5. The minimum Gasteiger partial charge on any atom is -0.393 e. The van der Waals surface area contributed by atoms with Crippen LogP contribution >= 0.6 is 24.0 Å². The van der Waals surface area contributed by atoms with Crippen molar-refractivity contribution in [2.45, 2.75) is 65.0 Å². The predicted molar refractivity (Wildman–Crippen MR) is 112 cm³/mol. The third kappa shape index (κ3) is 6.92. The summed E-state index contributed by atoms with van der Waals surface area (Å²) in [7, 11) is 0. The van der Waals surface area contributed by atoms with Crippen LogP contribution in [0.3, 0.4) is 0 Å². The van der Waals surface area contributed by atoms with Gasteiger partial charge in [0.2, 0.25) is 5.91 Å². The lowest BCUT2D eigenvalue weighted by atomic mass is 10.0. The van der Waals surface area contributed by atoms with Crippen LogP contribution in [0.4, 0.5) is 0 Å². The van der Waals surface area contributed by atoms with E-state index in [0.29, 0.717) is 18.5 Å². The van der Waals surface area contributed by atoms with Crippen molar-refractivity contribution in [3.8, 4) is 0 Å². The Morgan fingerprint density at radius 2 is 1.92 bits per heavy atom. The van der Waals surface area contributed by atoms with Crippen molar-refractivity contribution < 1.29 is 9.90 Å². The number of carbonyl (C=O) groups excluding carboxylic acids is 1. The standard InChI is InChI=1S/C18H34N4O2.HI/c1-4-19-18(20-12-14-6-5-7-16(14)23)21-15-8-10-22(11-9-15)17(24)13(2)3;/h13-16,23H,4-12H2,1-3H3,(H2,19,20,21);1H. The number of aliphatic hydroxyl groups is 1. The van der Waals surface area contributed by atoms with Gasteiger partial charge in [-0.3, -0.25) is 9.79 Å². The molecule has 0 radical (unpaired) electrons. The number of halogens is 1. The quantitative estimate of drug-likeness (QED) is 0.329. The average molecular weight is 466 g/mol. The van der Waals surface area contributed by atoms with Gasteiger partial charge in [-0.05, 0) is 32.6 Å². The molecular formula is C18H35IN4O2. The molecular weight excluding hydrogens is 431 g/mol. The molecule has 0 aromatic rings. The fourth-order valence-electron chi connectivity index (χ4n) is 3.56. The Morgan fingerprint density at radius 1 is 1.24 bits per heavy atom. The molecule has 0 bridgehead atoms. The monoisotopic (exact) mass is 466 g/mol. The number of nitrogens with zero attached hydrogens (tertiary/aromatic N) is 2. The molecule has 2 rings (SSSR count). The van der Waals surface area contributed by atoms with Gasteiger partial charge in [-0.2, -0.15) is 0 Å². The molecule has 1 heterocycles. The van der Waals surface area contributed by atoms with Crippen LogP contribution in [0.25, 0.3) is 0 Å². The van der Waals surface area contributed by atoms with Crippen molar-refractivity contribution in [1.29, 1.82) is 0 Å². The van der Waals surface area contributed by atoms with Crippen LogP contribution in [-0.4, -0.2) is 60.2 Å². The number of carbonyl (C=O) groups is 1. The highest BCUT2D eigenvalue weighted by Gasteiger charge is 2.26. The van der Waals surface area contributed by atoms with Gasteiger partial charge in [0, 0.05) is 44.1 Å². The molecule has 146 valence electrons. The Hall–Kier alpha value is -0.570. The molecule has 1 saturated carbocycles. The predicted octanol–water partition coefficient (Wildman–Crippen LogP) is 1.97. The number of aliphatic hydroxyl groups excluding tert-OH is 1. The second kappa shape index (κ2) is 11.2. The van der Waals surface area contributed by atoms with Crippen LogP contribution in [0.15, 0.2) is 4.99 Å². The Bertz CT molecular complexity index is 437. The zero-order chi connectivity index (χ0) is 17.5. The van der Waals surface area contributed by atoms with E-state index in [9.17, 15) is 9.90 Å². The van der Waals surface area contributed by atoms with Crippen molar-refractivity contribution in [1.82, 2.24) is 15.5 Å². The Kier molecular flexibility index (Phi) is 10.1. The number of hydrogen-bond acceptors (Lipinski definition) is 3. The number of piperidine rings is 1. The third-order valence-electron chi connectivity index (χ3n) is 5.09. The summed E-state index contributed by atoms with van der Waals surface area (Å²) in [6, 6.07) is 0.354. The van der Waals surface area contributed by atoms with E-state index in [1.54, 1.807) is 0 Å². The highest BCUT2D eigenvalue weighted by Crippen LogP contribution is 2.25. The van der Waals surface area contributed by atoms with Crippen LogP contribution in [0, 0.1) is 11.8 Å². The fraction of sp³-hybridized carbons (Fsp3) is 0.889. The first-order valence-electron chi connectivity index (χ1n) is 9.53. The third-order valence-corrected chi connectivity index (χ3v) is 5.09. The van der Waals surface area contributed by atoms with Crippen molar-refractivity contribution in [3.63, 3.8) is 0 Å². The first-order chi connectivity index (χ1) is 11.5. The van der Waals surface area contributed by atoms with Gasteiger partial charge < -0.3 is 20.6 Å². The molecule has 1 amide bonds. The van der Waals surface area contributed by atoms with Gasteiger partial charge in [0.05, 0.1) is 6.10 Å². The Morgan fingerprint density at radius 3 is 2.44 bits per heavy atom. The number of hydrogen-bond donors (Lipinski definition) is 3. The van der Waals surface area contributed by atoms with Crippen molar-refractivity contribution in [2.75, 3.05) is 26.2 Å². The molecule has 3 N–H and O–H groups in total. The maximum Gasteiger partial charge on any atom is 0.225 e. The highest BCUT2D eigenvalue weighted by atomic mass is 127. The van der Waals surface area contributed by atoms with E-state index in [2.05, 4.69) is 22.5 Å². The van der Waals surface area contributed by atoms with Gasteiger partial charge in [0.25, 0.3) is 0 Å². The molecule has 1 aliphatic heterocycles. The first kappa shape index (κ1) is 22.5. The summed E-state index contributed by atoms with van der Waals surface area (Å²) in [5.41, 5.74) is 0. The lowest BCUT2D eigenvalue weighted by molar-refractivity contribution is -0.135. The van der Waals surface area contributed by atoms with Crippen LogP contribution < -0.4 is 10.6 Å². The zero-order valence-electron chi connectivity index (χ0n) is 15.8. The molecule has 7 heteroatoms. The lowest BCUT2D eigenvalue weighted by Crippen LogP contribution is -2.50. The number of guanidine groups is 1. The smallest absolute Gasteiger partial charge is 0.225 e. The molecule has 0 spiro atoms. The maximum absolute atomic E-state index is 12.1. The van der Waals surface area contributed by atoms with E-state index in [1.807, 2.05) is 18.7 Å². The van der Waals surface area contributed by atoms with E-state index >= 15 is 0 Å². The van der Waals surface area contributed by atoms with Crippen LogP contribution in [0.5, 0.6) is 0 Å². The van der Waals surface area contributed by atoms with Gasteiger partial charge in [0.1, 0.15) is 0 Å². The molecule has 1 aliphatic carbocycles. The molecule has 0 aromatic carbocycles. The zero-order valence-corrected chi connectivity index (χ0v) is 18.2. The molecule has 2 aliphatic rings. The van der Waals surface area contributed by atoms with Crippen molar-refractivity contribution in [3.05, 3.63) is 0 Å². The van der Waals surface area contributed by atoms with E-state index in [4.69, 9.17) is 0 Å². The van der Waals surface area contributed by atoms with E-state index < -0.39 is 0 Å². The van der Waals surface area contributed by atoms with Gasteiger partial charge in [-0.15, -0.1) is 24.0 Å². The van der Waals surface area contributed by atoms with Crippen molar-refractivity contribution in [2.24, 2.45) is 16.8 Å². The molecule has 2 atom stereocenters. The van der Waals surface area contributed by atoms with Crippen LogP contribution in [0.1, 0.15) is 52.9 Å². The molecule has 2 fully saturated rings. The topological polar surface area (TPSA) is 77.0 Å². The summed E-state index contributed by atoms with van der Waals surface area (Å²) in [5, 5.41) is 16.7. The Labute approximate surface area is 169 Å². The highest BCUT2D eigenvalue weighted by molar-refractivity contribution is 14.0. The summed E-state index contributed by atoms with van der Waals surface area (Å²) < 4.78 is 0. The Balaban J connectivity index is 0.00000312. The van der Waals surface area contributed by atoms with E-state index in [0.717, 1.165) is 57.7 Å². The molecule has 0 aromatic heterocycles. The molecule has 2 unspecified atom stereocenters. The van der Waals surface area contributed by atoms with E-state index in [1.165, 1.54) is 0 Å². The summed E-state index contributed by atoms with van der Waals surface area (Å²) in [4.78, 5) is 18.7. The summed E-state index contributed by atoms with van der Waals surface area (Å²) in [6.45, 7) is 9.11. The SMILES string of the molecule is CCNC(=NCC1CCCC1O)NC1CCN(C(=O)C(C)C)CC1.I. The van der Waals surface area contributed by atoms with Gasteiger partial charge in [-0.1, -0.05) is 20.3 Å². The minimum absolute atomic E-state index is 0. The lowest BCUT2D eigenvalue weighted by Gasteiger charge is -2.34. The van der Waals surface area contributed by atoms with Gasteiger partial charge in [-0.25, -0.2) is 0 Å². The maximum atomic E-state index is 12.1. The minimum atomic E-state index is -0.193. The van der Waals surface area contributed by atoms with Gasteiger partial charge in [0.15, 0.2) is 5.96 Å². The molecule has 6 nitrogen and oxygen atoms in total. The summed E-state index contributed by atoms with van der Waals surface area (Å²) >= 11 is 0. The normalized spacial score (nSPS) is 25.0. The largest absolute Gasteiger partial charge is 0.393 e. The van der Waals surface area contributed by atoms with Gasteiger partial charge >= 0.3 is 0 Å². The number of nitrogens with one attached hydrogen (secondary N) is 2. The van der Waals surface area contributed by atoms with Crippen molar-refractivity contribution >= 4 is 35.8 Å².